The lowest BCUT2D eigenvalue weighted by Gasteiger charge is -2.25. The summed E-state index contributed by atoms with van der Waals surface area (Å²) < 4.78 is 0. The van der Waals surface area contributed by atoms with Crippen molar-refractivity contribution in [2.45, 2.75) is 65.3 Å². The lowest BCUT2D eigenvalue weighted by molar-refractivity contribution is -0.129. The van der Waals surface area contributed by atoms with Gasteiger partial charge in [-0.3, -0.25) is 14.4 Å². The van der Waals surface area contributed by atoms with Gasteiger partial charge in [-0.1, -0.05) is 23.8 Å². The van der Waals surface area contributed by atoms with Gasteiger partial charge in [0.1, 0.15) is 11.7 Å². The number of carbonyl (C=O) groups is 3. The molecule has 0 saturated heterocycles. The molecule has 0 aliphatic heterocycles. The molecule has 140 valence electrons. The zero-order valence-electron chi connectivity index (χ0n) is 16.4. The van der Waals surface area contributed by atoms with Gasteiger partial charge in [0.25, 0.3) is 0 Å². The summed E-state index contributed by atoms with van der Waals surface area (Å²) in [6.07, 6.45) is 2.60. The van der Waals surface area contributed by atoms with Gasteiger partial charge in [-0.15, -0.1) is 6.58 Å². The zero-order chi connectivity index (χ0) is 19.6. The third-order valence-electron chi connectivity index (χ3n) is 5.05. The summed E-state index contributed by atoms with van der Waals surface area (Å²) in [4.78, 5) is 37.9. The van der Waals surface area contributed by atoms with Gasteiger partial charge >= 0.3 is 0 Å². The van der Waals surface area contributed by atoms with Crippen LogP contribution in [0, 0.1) is 26.7 Å². The van der Waals surface area contributed by atoms with Gasteiger partial charge in [0.2, 0.25) is 5.91 Å². The van der Waals surface area contributed by atoms with E-state index in [-0.39, 0.29) is 30.3 Å². The summed E-state index contributed by atoms with van der Waals surface area (Å²) in [7, 11) is 0. The summed E-state index contributed by atoms with van der Waals surface area (Å²) in [5, 5.41) is 2.93. The molecule has 0 aromatic heterocycles. The first-order valence-corrected chi connectivity index (χ1v) is 9.12. The lowest BCUT2D eigenvalue weighted by atomic mass is 9.86. The number of Topliss-reactive ketones (excluding diaryl/α,β-unsaturated/α-hetero) is 2. The smallest absolute Gasteiger partial charge is 0.221 e. The monoisotopic (exact) mass is 355 g/mol. The van der Waals surface area contributed by atoms with Crippen LogP contribution in [0.3, 0.4) is 0 Å². The highest BCUT2D eigenvalue weighted by atomic mass is 16.2. The molecule has 1 aliphatic rings. The number of amides is 1. The minimum absolute atomic E-state index is 0.0611. The standard InChI is InChI=1S/C22H29NO3/c1-7-8-22(5,6)23-18(25)12-16-11-17(24)20(21(16)26)19-14(3)9-13(2)10-15(19)4/h7,9-10,16,20H,1,8,11-12H2,2-6H3,(H,23,25). The Labute approximate surface area is 156 Å². The number of aryl methyl sites for hydroxylation is 3. The van der Waals surface area contributed by atoms with Crippen molar-refractivity contribution in [1.29, 1.82) is 0 Å². The molecule has 1 aromatic carbocycles. The number of hydrogen-bond acceptors (Lipinski definition) is 3. The predicted octanol–water partition coefficient (Wildman–Crippen LogP) is 3.71. The van der Waals surface area contributed by atoms with E-state index in [2.05, 4.69) is 11.9 Å². The van der Waals surface area contributed by atoms with Gasteiger partial charge in [0, 0.05) is 24.3 Å². The molecule has 1 aliphatic carbocycles. The average Bonchev–Trinajstić information content (AvgIpc) is 2.73. The summed E-state index contributed by atoms with van der Waals surface area (Å²) in [5.74, 6) is -1.65. The van der Waals surface area contributed by atoms with Crippen LogP contribution in [0.5, 0.6) is 0 Å². The van der Waals surface area contributed by atoms with Crippen molar-refractivity contribution in [3.8, 4) is 0 Å². The van der Waals surface area contributed by atoms with E-state index in [9.17, 15) is 14.4 Å². The summed E-state index contributed by atoms with van der Waals surface area (Å²) in [6.45, 7) is 13.4. The highest BCUT2D eigenvalue weighted by Crippen LogP contribution is 2.37. The van der Waals surface area contributed by atoms with Crippen LogP contribution in [-0.2, 0) is 14.4 Å². The SMILES string of the molecule is C=CCC(C)(C)NC(=O)CC1CC(=O)C(c2c(C)cc(C)cc2C)C1=O. The van der Waals surface area contributed by atoms with Crippen molar-refractivity contribution < 1.29 is 14.4 Å². The molecule has 1 fully saturated rings. The minimum atomic E-state index is -0.727. The van der Waals surface area contributed by atoms with Crippen LogP contribution in [-0.4, -0.2) is 23.0 Å². The molecule has 26 heavy (non-hydrogen) atoms. The molecule has 1 N–H and O–H groups in total. The molecule has 1 amide bonds. The van der Waals surface area contributed by atoms with Gasteiger partial charge in [0.15, 0.2) is 5.78 Å². The minimum Gasteiger partial charge on any atom is -0.351 e. The first-order valence-electron chi connectivity index (χ1n) is 9.12. The number of hydrogen-bond donors (Lipinski definition) is 1. The molecule has 2 atom stereocenters. The summed E-state index contributed by atoms with van der Waals surface area (Å²) >= 11 is 0. The van der Waals surface area contributed by atoms with E-state index in [1.54, 1.807) is 6.08 Å². The molecular weight excluding hydrogens is 326 g/mol. The third-order valence-corrected chi connectivity index (χ3v) is 5.05. The van der Waals surface area contributed by atoms with Crippen LogP contribution >= 0.6 is 0 Å². The number of ketones is 2. The quantitative estimate of drug-likeness (QED) is 0.625. The largest absolute Gasteiger partial charge is 0.351 e. The Kier molecular flexibility index (Phi) is 5.84. The maximum Gasteiger partial charge on any atom is 0.221 e. The van der Waals surface area contributed by atoms with E-state index in [4.69, 9.17) is 0 Å². The Hall–Kier alpha value is -2.23. The van der Waals surface area contributed by atoms with Crippen molar-refractivity contribution in [3.05, 3.63) is 47.0 Å². The van der Waals surface area contributed by atoms with Crippen molar-refractivity contribution in [2.75, 3.05) is 0 Å². The highest BCUT2D eigenvalue weighted by Gasteiger charge is 2.44. The maximum absolute atomic E-state index is 12.9. The number of rotatable bonds is 6. The summed E-state index contributed by atoms with van der Waals surface area (Å²) in [5.41, 5.74) is 3.45. The van der Waals surface area contributed by atoms with Crippen LogP contribution in [0.1, 0.15) is 61.3 Å². The van der Waals surface area contributed by atoms with Gasteiger partial charge in [-0.05, 0) is 57.7 Å². The lowest BCUT2D eigenvalue weighted by Crippen LogP contribution is -2.43. The van der Waals surface area contributed by atoms with Crippen molar-refractivity contribution >= 4 is 17.5 Å². The van der Waals surface area contributed by atoms with Crippen molar-refractivity contribution in [3.63, 3.8) is 0 Å². The molecule has 4 heteroatoms. The van der Waals surface area contributed by atoms with Crippen LogP contribution < -0.4 is 5.32 Å². The van der Waals surface area contributed by atoms with Crippen LogP contribution in [0.4, 0.5) is 0 Å². The topological polar surface area (TPSA) is 63.2 Å². The number of nitrogens with one attached hydrogen (secondary N) is 1. The van der Waals surface area contributed by atoms with Gasteiger partial charge in [0.05, 0.1) is 0 Å². The first kappa shape index (κ1) is 20.1. The zero-order valence-corrected chi connectivity index (χ0v) is 16.4. The molecule has 0 bridgehead atoms. The van der Waals surface area contributed by atoms with E-state index >= 15 is 0 Å². The van der Waals surface area contributed by atoms with Gasteiger partial charge in [-0.2, -0.15) is 0 Å². The molecule has 1 aromatic rings. The fourth-order valence-corrected chi connectivity index (χ4v) is 4.04. The molecular formula is C22H29NO3. The van der Waals surface area contributed by atoms with Crippen molar-refractivity contribution in [2.24, 2.45) is 5.92 Å². The first-order chi connectivity index (χ1) is 12.1. The Morgan fingerprint density at radius 3 is 2.35 bits per heavy atom. The maximum atomic E-state index is 12.9. The molecule has 2 unspecified atom stereocenters. The van der Waals surface area contributed by atoms with E-state index < -0.39 is 17.4 Å². The Bertz CT molecular complexity index is 738. The van der Waals surface area contributed by atoms with Crippen LogP contribution in [0.2, 0.25) is 0 Å². The Balaban J connectivity index is 2.17. The molecule has 0 heterocycles. The molecule has 0 radical (unpaired) electrons. The fraction of sp³-hybridized carbons (Fsp3) is 0.500. The van der Waals surface area contributed by atoms with Crippen molar-refractivity contribution in [1.82, 2.24) is 5.32 Å². The third kappa shape index (κ3) is 4.29. The van der Waals surface area contributed by atoms with E-state index in [1.807, 2.05) is 46.8 Å². The van der Waals surface area contributed by atoms with Crippen LogP contribution in [0.25, 0.3) is 0 Å². The predicted molar refractivity (Wildman–Crippen MR) is 103 cm³/mol. The van der Waals surface area contributed by atoms with E-state index in [1.165, 1.54) is 0 Å². The normalized spacial score (nSPS) is 20.3. The van der Waals surface area contributed by atoms with Gasteiger partial charge in [-0.25, -0.2) is 0 Å². The fourth-order valence-electron chi connectivity index (χ4n) is 4.04. The van der Waals surface area contributed by atoms with E-state index in [0.29, 0.717) is 6.42 Å². The number of benzene rings is 1. The molecule has 4 nitrogen and oxygen atoms in total. The highest BCUT2D eigenvalue weighted by molar-refractivity contribution is 6.15. The summed E-state index contributed by atoms with van der Waals surface area (Å²) in [6, 6.07) is 4.00. The molecule has 1 saturated carbocycles. The molecule has 0 spiro atoms. The van der Waals surface area contributed by atoms with Crippen LogP contribution in [0.15, 0.2) is 24.8 Å². The molecule has 2 rings (SSSR count). The Morgan fingerprint density at radius 1 is 1.23 bits per heavy atom. The van der Waals surface area contributed by atoms with Gasteiger partial charge < -0.3 is 5.32 Å². The average molecular weight is 355 g/mol. The second-order valence-electron chi connectivity index (χ2n) is 8.14. The second-order valence-corrected chi connectivity index (χ2v) is 8.14. The van der Waals surface area contributed by atoms with E-state index in [0.717, 1.165) is 22.3 Å². The number of carbonyl (C=O) groups excluding carboxylic acids is 3. The second kappa shape index (κ2) is 7.56. The Morgan fingerprint density at radius 2 is 1.81 bits per heavy atom.